The van der Waals surface area contributed by atoms with E-state index in [0.29, 0.717) is 5.78 Å². The number of quaternary nitrogens is 1. The maximum Gasteiger partial charge on any atom is 0.155 e. The van der Waals surface area contributed by atoms with Crippen molar-refractivity contribution in [3.63, 3.8) is 0 Å². The van der Waals surface area contributed by atoms with Crippen LogP contribution in [0.25, 0.3) is 0 Å². The van der Waals surface area contributed by atoms with Gasteiger partial charge in [0.1, 0.15) is 0 Å². The number of unbranched alkanes of at least 4 members (excludes halogenated alkanes) is 1. The molecule has 20 heavy (non-hydrogen) atoms. The van der Waals surface area contributed by atoms with Crippen molar-refractivity contribution < 1.29 is 9.28 Å². The van der Waals surface area contributed by atoms with Gasteiger partial charge in [-0.2, -0.15) is 0 Å². The Morgan fingerprint density at radius 2 is 1.50 bits per heavy atom. The first-order valence-electron chi connectivity index (χ1n) is 7.85. The summed E-state index contributed by atoms with van der Waals surface area (Å²) in [6.07, 6.45) is 3.21. The summed E-state index contributed by atoms with van der Waals surface area (Å²) in [6, 6.07) is -0.0255. The first-order valence-corrected chi connectivity index (χ1v) is 7.85. The first-order chi connectivity index (χ1) is 8.72. The Balaban J connectivity index is 4.53. The molecule has 0 saturated heterocycles. The molecule has 0 aromatic rings. The SMILES string of the molecule is CC(C)(C)N[C@@H](CCCC[N+](C)(C)C)C(=O)C(C)(C)C. The van der Waals surface area contributed by atoms with Crippen LogP contribution in [0, 0.1) is 5.41 Å². The molecule has 0 unspecified atom stereocenters. The molecule has 0 aliphatic rings. The molecular weight excluding hydrogens is 248 g/mol. The van der Waals surface area contributed by atoms with E-state index in [9.17, 15) is 4.79 Å². The van der Waals surface area contributed by atoms with E-state index in [-0.39, 0.29) is 17.0 Å². The fourth-order valence-electron chi connectivity index (χ4n) is 2.25. The lowest BCUT2D eigenvalue weighted by atomic mass is 9.84. The van der Waals surface area contributed by atoms with Crippen LogP contribution in [0.3, 0.4) is 0 Å². The Hall–Kier alpha value is -0.410. The predicted molar refractivity (Wildman–Crippen MR) is 87.9 cm³/mol. The number of nitrogens with zero attached hydrogens (tertiary/aromatic N) is 1. The zero-order valence-electron chi connectivity index (χ0n) is 15.3. The van der Waals surface area contributed by atoms with Crippen LogP contribution in [-0.2, 0) is 4.79 Å². The van der Waals surface area contributed by atoms with E-state index in [1.54, 1.807) is 0 Å². The summed E-state index contributed by atoms with van der Waals surface area (Å²) in [5, 5.41) is 3.51. The van der Waals surface area contributed by atoms with Crippen LogP contribution < -0.4 is 5.32 Å². The van der Waals surface area contributed by atoms with Crippen molar-refractivity contribution in [3.05, 3.63) is 0 Å². The van der Waals surface area contributed by atoms with Gasteiger partial charge in [0.2, 0.25) is 0 Å². The smallest absolute Gasteiger partial charge is 0.155 e. The summed E-state index contributed by atoms with van der Waals surface area (Å²) in [7, 11) is 6.64. The van der Waals surface area contributed by atoms with Gasteiger partial charge < -0.3 is 9.80 Å². The van der Waals surface area contributed by atoms with Crippen LogP contribution in [0.15, 0.2) is 0 Å². The lowest BCUT2D eigenvalue weighted by Crippen LogP contribution is -2.50. The molecule has 1 N–H and O–H groups in total. The lowest BCUT2D eigenvalue weighted by molar-refractivity contribution is -0.870. The highest BCUT2D eigenvalue weighted by molar-refractivity contribution is 5.88. The molecule has 3 nitrogen and oxygen atoms in total. The average Bonchev–Trinajstić information content (AvgIpc) is 2.17. The Morgan fingerprint density at radius 1 is 1.00 bits per heavy atom. The molecular formula is C17H37N2O+. The van der Waals surface area contributed by atoms with E-state index in [2.05, 4.69) is 47.2 Å². The highest BCUT2D eigenvalue weighted by Crippen LogP contribution is 2.21. The third-order valence-electron chi connectivity index (χ3n) is 3.23. The molecule has 1 atom stereocenters. The molecule has 0 heterocycles. The van der Waals surface area contributed by atoms with Gasteiger partial charge in [-0.3, -0.25) is 4.79 Å². The van der Waals surface area contributed by atoms with Crippen LogP contribution >= 0.6 is 0 Å². The van der Waals surface area contributed by atoms with Gasteiger partial charge in [-0.15, -0.1) is 0 Å². The standard InChI is InChI=1S/C17H37N2O/c1-16(2,3)15(20)14(18-17(4,5)6)12-10-11-13-19(7,8)9/h14,18H,10-13H2,1-9H3/q+1/t14-/m0/s1. The number of carbonyl (C=O) groups excluding carboxylic acids is 1. The number of Topliss-reactive ketones (excluding diaryl/α,β-unsaturated/α-hetero) is 1. The molecule has 0 bridgehead atoms. The maximum absolute atomic E-state index is 12.6. The minimum absolute atomic E-state index is 0.0222. The second kappa shape index (κ2) is 7.04. The molecule has 0 aromatic heterocycles. The number of carbonyl (C=O) groups is 1. The minimum Gasteiger partial charge on any atom is -0.331 e. The topological polar surface area (TPSA) is 29.1 Å². The monoisotopic (exact) mass is 285 g/mol. The van der Waals surface area contributed by atoms with Crippen molar-refractivity contribution in [3.8, 4) is 0 Å². The van der Waals surface area contributed by atoms with Crippen LogP contribution in [0.5, 0.6) is 0 Å². The number of rotatable bonds is 7. The van der Waals surface area contributed by atoms with Gasteiger partial charge in [0.15, 0.2) is 5.78 Å². The van der Waals surface area contributed by atoms with Gasteiger partial charge in [0, 0.05) is 11.0 Å². The third kappa shape index (κ3) is 9.49. The first kappa shape index (κ1) is 19.6. The molecule has 0 aliphatic carbocycles. The van der Waals surface area contributed by atoms with Crippen molar-refractivity contribution in [2.45, 2.75) is 72.4 Å². The fraction of sp³-hybridized carbons (Fsp3) is 0.941. The van der Waals surface area contributed by atoms with Crippen LogP contribution in [-0.4, -0.2) is 49.5 Å². The predicted octanol–water partition coefficient (Wildman–Crippen LogP) is 3.23. The second-order valence-electron chi connectivity index (χ2n) is 9.07. The zero-order chi connectivity index (χ0) is 16.2. The average molecular weight is 285 g/mol. The van der Waals surface area contributed by atoms with Gasteiger partial charge in [-0.05, 0) is 40.0 Å². The van der Waals surface area contributed by atoms with Crippen molar-refractivity contribution in [1.29, 1.82) is 0 Å². The van der Waals surface area contributed by atoms with Crippen molar-refractivity contribution in [1.82, 2.24) is 5.32 Å². The van der Waals surface area contributed by atoms with E-state index in [0.717, 1.165) is 23.9 Å². The maximum atomic E-state index is 12.6. The largest absolute Gasteiger partial charge is 0.331 e. The molecule has 0 amide bonds. The summed E-state index contributed by atoms with van der Waals surface area (Å²) >= 11 is 0. The Labute approximate surface area is 126 Å². The van der Waals surface area contributed by atoms with Crippen LogP contribution in [0.2, 0.25) is 0 Å². The molecule has 0 aliphatic heterocycles. The van der Waals surface area contributed by atoms with Crippen molar-refractivity contribution in [2.24, 2.45) is 5.41 Å². The normalized spacial score (nSPS) is 15.2. The summed E-state index contributed by atoms with van der Waals surface area (Å²) in [6.45, 7) is 13.6. The summed E-state index contributed by atoms with van der Waals surface area (Å²) in [4.78, 5) is 12.6. The molecule has 0 radical (unpaired) electrons. The quantitative estimate of drug-likeness (QED) is 0.575. The molecule has 0 aromatic carbocycles. The Morgan fingerprint density at radius 3 is 1.85 bits per heavy atom. The van der Waals surface area contributed by atoms with Crippen LogP contribution in [0.1, 0.15) is 60.8 Å². The Kier molecular flexibility index (Phi) is 6.89. The van der Waals surface area contributed by atoms with Crippen LogP contribution in [0.4, 0.5) is 0 Å². The third-order valence-corrected chi connectivity index (χ3v) is 3.23. The molecule has 0 saturated carbocycles. The molecule has 0 spiro atoms. The van der Waals surface area contributed by atoms with E-state index in [4.69, 9.17) is 0 Å². The summed E-state index contributed by atoms with van der Waals surface area (Å²) < 4.78 is 0.991. The highest BCUT2D eigenvalue weighted by atomic mass is 16.1. The summed E-state index contributed by atoms with van der Waals surface area (Å²) in [5.41, 5.74) is -0.297. The van der Waals surface area contributed by atoms with Gasteiger partial charge in [0.25, 0.3) is 0 Å². The van der Waals surface area contributed by atoms with Gasteiger partial charge in [0.05, 0.1) is 33.7 Å². The number of ketones is 1. The van der Waals surface area contributed by atoms with Gasteiger partial charge >= 0.3 is 0 Å². The highest BCUT2D eigenvalue weighted by Gasteiger charge is 2.31. The number of nitrogens with one attached hydrogen (secondary N) is 1. The molecule has 0 fully saturated rings. The molecule has 0 rings (SSSR count). The van der Waals surface area contributed by atoms with E-state index in [1.165, 1.54) is 6.42 Å². The number of hydrogen-bond acceptors (Lipinski definition) is 2. The lowest BCUT2D eigenvalue weighted by Gasteiger charge is -2.32. The van der Waals surface area contributed by atoms with Crippen molar-refractivity contribution >= 4 is 5.78 Å². The minimum atomic E-state index is -0.275. The van der Waals surface area contributed by atoms with E-state index in [1.807, 2.05) is 20.8 Å². The van der Waals surface area contributed by atoms with E-state index >= 15 is 0 Å². The molecule has 120 valence electrons. The van der Waals surface area contributed by atoms with Crippen molar-refractivity contribution in [2.75, 3.05) is 27.7 Å². The second-order valence-corrected chi connectivity index (χ2v) is 9.07. The number of hydrogen-bond donors (Lipinski definition) is 1. The fourth-order valence-corrected chi connectivity index (χ4v) is 2.25. The van der Waals surface area contributed by atoms with E-state index < -0.39 is 0 Å². The summed E-state index contributed by atoms with van der Waals surface area (Å²) in [5.74, 6) is 0.331. The van der Waals surface area contributed by atoms with Gasteiger partial charge in [-0.25, -0.2) is 0 Å². The Bertz CT molecular complexity index is 302. The van der Waals surface area contributed by atoms with Gasteiger partial charge in [-0.1, -0.05) is 20.8 Å². The molecule has 3 heteroatoms. The zero-order valence-corrected chi connectivity index (χ0v) is 15.3.